The largest absolute Gasteiger partial charge is 0.478 e. The Morgan fingerprint density at radius 1 is 1.17 bits per heavy atom. The lowest BCUT2D eigenvalue weighted by atomic mass is 9.87. The van der Waals surface area contributed by atoms with Crippen molar-refractivity contribution in [2.24, 2.45) is 0 Å². The van der Waals surface area contributed by atoms with Crippen molar-refractivity contribution in [3.8, 4) is 5.75 Å². The van der Waals surface area contributed by atoms with E-state index in [1.54, 1.807) is 6.07 Å². The minimum absolute atomic E-state index is 0.0443. The monoisotopic (exact) mass is 346 g/mol. The number of aliphatic carboxylic acids is 1. The molecule has 0 aromatic heterocycles. The van der Waals surface area contributed by atoms with Gasteiger partial charge in [0.2, 0.25) is 0 Å². The Hall–Kier alpha value is -2.00. The van der Waals surface area contributed by atoms with Crippen LogP contribution in [-0.4, -0.2) is 17.2 Å². The Balaban J connectivity index is 2.17. The fourth-order valence-electron chi connectivity index (χ4n) is 2.45. The summed E-state index contributed by atoms with van der Waals surface area (Å²) < 4.78 is 5.70. The average molecular weight is 347 g/mol. The molecule has 4 heteroatoms. The zero-order chi connectivity index (χ0) is 17.9. The molecule has 0 amide bonds. The van der Waals surface area contributed by atoms with E-state index in [0.29, 0.717) is 10.8 Å². The number of hydrogen-bond acceptors (Lipinski definition) is 2. The second kappa shape index (κ2) is 7.27. The zero-order valence-electron chi connectivity index (χ0n) is 14.5. The van der Waals surface area contributed by atoms with Gasteiger partial charge in [-0.1, -0.05) is 56.6 Å². The van der Waals surface area contributed by atoms with Gasteiger partial charge in [-0.3, -0.25) is 0 Å². The third-order valence-corrected chi connectivity index (χ3v) is 4.47. The molecular weight excluding hydrogens is 324 g/mol. The molecule has 2 aromatic carbocycles. The minimum atomic E-state index is -0.991. The van der Waals surface area contributed by atoms with E-state index in [0.717, 1.165) is 11.1 Å². The highest BCUT2D eigenvalue weighted by molar-refractivity contribution is 6.31. The number of carbonyl (C=O) groups is 1. The maximum absolute atomic E-state index is 11.6. The van der Waals surface area contributed by atoms with Crippen molar-refractivity contribution < 1.29 is 14.6 Å². The molecular formula is C20H23ClO3. The Labute approximate surface area is 148 Å². The first-order valence-electron chi connectivity index (χ1n) is 7.92. The van der Waals surface area contributed by atoms with Gasteiger partial charge in [0.1, 0.15) is 5.75 Å². The lowest BCUT2D eigenvalue weighted by Gasteiger charge is -2.20. The summed E-state index contributed by atoms with van der Waals surface area (Å²) in [4.78, 5) is 11.6. The second-order valence-corrected chi connectivity index (χ2v) is 7.35. The van der Waals surface area contributed by atoms with Crippen LogP contribution in [0.1, 0.15) is 37.5 Å². The third kappa shape index (κ3) is 4.51. The maximum atomic E-state index is 11.6. The van der Waals surface area contributed by atoms with Crippen LogP contribution in [0.2, 0.25) is 5.02 Å². The molecule has 0 spiro atoms. The van der Waals surface area contributed by atoms with Crippen LogP contribution in [0.5, 0.6) is 5.75 Å². The lowest BCUT2D eigenvalue weighted by Crippen LogP contribution is -2.29. The van der Waals surface area contributed by atoms with Crippen molar-refractivity contribution in [2.75, 3.05) is 0 Å². The summed E-state index contributed by atoms with van der Waals surface area (Å²) in [5.74, 6) is -0.440. The first kappa shape index (κ1) is 18.3. The molecule has 0 radical (unpaired) electrons. The predicted octanol–water partition coefficient (Wildman–Crippen LogP) is 5.02. The number of benzene rings is 2. The molecule has 0 heterocycles. The number of rotatable bonds is 5. The van der Waals surface area contributed by atoms with E-state index >= 15 is 0 Å². The Morgan fingerprint density at radius 2 is 1.79 bits per heavy atom. The SMILES string of the molecule is Cc1c(Cl)cccc1C[C@H](Oc1ccc(C(C)(C)C)cc1)C(=O)O. The third-order valence-electron chi connectivity index (χ3n) is 4.06. The molecule has 0 saturated carbocycles. The minimum Gasteiger partial charge on any atom is -0.478 e. The molecule has 0 aliphatic carbocycles. The summed E-state index contributed by atoms with van der Waals surface area (Å²) in [5.41, 5.74) is 2.98. The number of carboxylic acids is 1. The molecule has 0 aliphatic heterocycles. The molecule has 3 nitrogen and oxygen atoms in total. The van der Waals surface area contributed by atoms with Crippen LogP contribution in [0.4, 0.5) is 0 Å². The van der Waals surface area contributed by atoms with Crippen molar-refractivity contribution in [3.05, 3.63) is 64.2 Å². The van der Waals surface area contributed by atoms with Gasteiger partial charge in [-0.2, -0.15) is 0 Å². The summed E-state index contributed by atoms with van der Waals surface area (Å²) in [5, 5.41) is 10.1. The smallest absolute Gasteiger partial charge is 0.345 e. The standard InChI is InChI=1S/C20H23ClO3/c1-13-14(6-5-7-17(13)21)12-18(19(22)23)24-16-10-8-15(9-11-16)20(2,3)4/h5-11,18H,12H2,1-4H3,(H,22,23)/t18-/m0/s1. The number of halogens is 1. The van der Waals surface area contributed by atoms with Gasteiger partial charge in [-0.15, -0.1) is 0 Å². The topological polar surface area (TPSA) is 46.5 Å². The predicted molar refractivity (Wildman–Crippen MR) is 97.1 cm³/mol. The summed E-state index contributed by atoms with van der Waals surface area (Å²) in [6.45, 7) is 8.27. The highest BCUT2D eigenvalue weighted by Gasteiger charge is 2.22. The van der Waals surface area contributed by atoms with Gasteiger partial charge in [0.15, 0.2) is 6.10 Å². The van der Waals surface area contributed by atoms with Crippen molar-refractivity contribution in [1.82, 2.24) is 0 Å². The molecule has 2 aromatic rings. The Morgan fingerprint density at radius 3 is 2.33 bits per heavy atom. The van der Waals surface area contributed by atoms with E-state index in [9.17, 15) is 9.90 Å². The van der Waals surface area contributed by atoms with Crippen LogP contribution in [0.15, 0.2) is 42.5 Å². The molecule has 1 N–H and O–H groups in total. The number of carboxylic acid groups (broad SMARTS) is 1. The van der Waals surface area contributed by atoms with Crippen LogP contribution in [0, 0.1) is 6.92 Å². The highest BCUT2D eigenvalue weighted by Crippen LogP contribution is 2.26. The summed E-state index contributed by atoms with van der Waals surface area (Å²) in [6.07, 6.45) is -0.689. The van der Waals surface area contributed by atoms with Crippen LogP contribution in [0.3, 0.4) is 0 Å². The van der Waals surface area contributed by atoms with Crippen molar-refractivity contribution in [3.63, 3.8) is 0 Å². The second-order valence-electron chi connectivity index (χ2n) is 6.95. The van der Waals surface area contributed by atoms with Crippen molar-refractivity contribution in [2.45, 2.75) is 45.6 Å². The first-order chi connectivity index (χ1) is 11.2. The van der Waals surface area contributed by atoms with Gasteiger partial charge < -0.3 is 9.84 Å². The Bertz CT molecular complexity index is 715. The van der Waals surface area contributed by atoms with Gasteiger partial charge >= 0.3 is 5.97 Å². The molecule has 0 saturated heterocycles. The first-order valence-corrected chi connectivity index (χ1v) is 8.30. The van der Waals surface area contributed by atoms with Crippen molar-refractivity contribution in [1.29, 1.82) is 0 Å². The maximum Gasteiger partial charge on any atom is 0.345 e. The number of hydrogen-bond donors (Lipinski definition) is 1. The van der Waals surface area contributed by atoms with Gasteiger partial charge in [0, 0.05) is 11.4 Å². The van der Waals surface area contributed by atoms with E-state index < -0.39 is 12.1 Å². The van der Waals surface area contributed by atoms with E-state index in [2.05, 4.69) is 20.8 Å². The van der Waals surface area contributed by atoms with E-state index in [1.807, 2.05) is 43.3 Å². The molecule has 0 aliphatic rings. The van der Waals surface area contributed by atoms with E-state index in [1.165, 1.54) is 5.56 Å². The fourth-order valence-corrected chi connectivity index (χ4v) is 2.64. The fraction of sp³-hybridized carbons (Fsp3) is 0.350. The summed E-state index contributed by atoms with van der Waals surface area (Å²) in [6, 6.07) is 13.1. The Kier molecular flexibility index (Phi) is 5.55. The molecule has 2 rings (SSSR count). The van der Waals surface area contributed by atoms with Crippen LogP contribution in [-0.2, 0) is 16.6 Å². The van der Waals surface area contributed by atoms with Gasteiger partial charge in [0.05, 0.1) is 0 Å². The molecule has 0 bridgehead atoms. The molecule has 1 atom stereocenters. The summed E-state index contributed by atoms with van der Waals surface area (Å²) in [7, 11) is 0. The molecule has 0 fully saturated rings. The van der Waals surface area contributed by atoms with Crippen LogP contribution >= 0.6 is 11.6 Å². The van der Waals surface area contributed by atoms with Crippen molar-refractivity contribution >= 4 is 17.6 Å². The van der Waals surface area contributed by atoms with E-state index in [4.69, 9.17) is 16.3 Å². The molecule has 24 heavy (non-hydrogen) atoms. The number of ether oxygens (including phenoxy) is 1. The summed E-state index contributed by atoms with van der Waals surface area (Å²) >= 11 is 6.11. The van der Waals surface area contributed by atoms with Gasteiger partial charge in [0.25, 0.3) is 0 Å². The van der Waals surface area contributed by atoms with Crippen LogP contribution in [0.25, 0.3) is 0 Å². The normalized spacial score (nSPS) is 12.7. The highest BCUT2D eigenvalue weighted by atomic mass is 35.5. The molecule has 128 valence electrons. The van der Waals surface area contributed by atoms with Gasteiger partial charge in [-0.25, -0.2) is 4.79 Å². The van der Waals surface area contributed by atoms with Crippen LogP contribution < -0.4 is 4.74 Å². The molecule has 0 unspecified atom stereocenters. The zero-order valence-corrected chi connectivity index (χ0v) is 15.2. The lowest BCUT2D eigenvalue weighted by molar-refractivity contribution is -0.145. The van der Waals surface area contributed by atoms with Gasteiger partial charge in [-0.05, 0) is 47.2 Å². The quantitative estimate of drug-likeness (QED) is 0.826. The van der Waals surface area contributed by atoms with E-state index in [-0.39, 0.29) is 11.8 Å². The average Bonchev–Trinajstić information content (AvgIpc) is 2.50.